The molecule has 1 amide bonds. The maximum absolute atomic E-state index is 11.7. The Balaban J connectivity index is 1.89. The maximum Gasteiger partial charge on any atom is 0.239 e. The van der Waals surface area contributed by atoms with Gasteiger partial charge in [-0.1, -0.05) is 6.42 Å². The lowest BCUT2D eigenvalue weighted by Crippen LogP contribution is -2.45. The van der Waals surface area contributed by atoms with Gasteiger partial charge in [-0.2, -0.15) is 0 Å². The van der Waals surface area contributed by atoms with Gasteiger partial charge in [0, 0.05) is 19.6 Å². The molecule has 3 atom stereocenters. The number of rotatable bonds is 3. The minimum Gasteiger partial charge on any atom is -0.344 e. The van der Waals surface area contributed by atoms with Crippen LogP contribution in [0.3, 0.4) is 0 Å². The van der Waals surface area contributed by atoms with Crippen LogP contribution in [0.15, 0.2) is 0 Å². The summed E-state index contributed by atoms with van der Waals surface area (Å²) in [4.78, 5) is 13.5. The molecule has 1 saturated carbocycles. The molecular weight excluding hydrogens is 190 g/mol. The van der Waals surface area contributed by atoms with Crippen molar-refractivity contribution in [1.82, 2.24) is 10.2 Å². The molecule has 1 aliphatic heterocycles. The minimum atomic E-state index is 0.0483. The number of hydrogen-bond donors (Lipinski definition) is 2. The number of likely N-dealkylation sites (tertiary alicyclic amines) is 1. The zero-order valence-corrected chi connectivity index (χ0v) is 9.41. The highest BCUT2D eigenvalue weighted by Gasteiger charge is 2.34. The summed E-state index contributed by atoms with van der Waals surface area (Å²) in [6, 6.07) is 0.516. The molecule has 4 nitrogen and oxygen atoms in total. The summed E-state index contributed by atoms with van der Waals surface area (Å²) >= 11 is 0. The molecule has 15 heavy (non-hydrogen) atoms. The summed E-state index contributed by atoms with van der Waals surface area (Å²) in [5.74, 6) is 0.821. The predicted molar refractivity (Wildman–Crippen MR) is 59.4 cm³/mol. The van der Waals surface area contributed by atoms with E-state index in [9.17, 15) is 4.79 Å². The first-order valence-electron chi connectivity index (χ1n) is 5.93. The Kier molecular flexibility index (Phi) is 3.26. The number of amides is 1. The molecule has 0 aromatic rings. The molecule has 2 fully saturated rings. The molecule has 3 N–H and O–H groups in total. The summed E-state index contributed by atoms with van der Waals surface area (Å²) in [6.45, 7) is 1.63. The first-order valence-corrected chi connectivity index (χ1v) is 5.93. The zero-order valence-electron chi connectivity index (χ0n) is 9.41. The third-order valence-corrected chi connectivity index (χ3v) is 3.80. The van der Waals surface area contributed by atoms with Crippen LogP contribution in [0.5, 0.6) is 0 Å². The van der Waals surface area contributed by atoms with Crippen molar-refractivity contribution in [1.29, 1.82) is 0 Å². The zero-order chi connectivity index (χ0) is 10.8. The first-order chi connectivity index (χ1) is 7.22. The summed E-state index contributed by atoms with van der Waals surface area (Å²) < 4.78 is 0. The van der Waals surface area contributed by atoms with Gasteiger partial charge in [0.1, 0.15) is 0 Å². The highest BCUT2D eigenvalue weighted by Crippen LogP contribution is 2.26. The van der Waals surface area contributed by atoms with Crippen molar-refractivity contribution in [3.63, 3.8) is 0 Å². The molecule has 0 radical (unpaired) electrons. The fourth-order valence-electron chi connectivity index (χ4n) is 2.77. The van der Waals surface area contributed by atoms with Gasteiger partial charge in [-0.3, -0.25) is 4.79 Å². The monoisotopic (exact) mass is 211 g/mol. The second-order valence-corrected chi connectivity index (χ2v) is 4.80. The molecule has 2 aliphatic rings. The smallest absolute Gasteiger partial charge is 0.239 e. The van der Waals surface area contributed by atoms with E-state index in [1.165, 1.54) is 19.3 Å². The van der Waals surface area contributed by atoms with Crippen molar-refractivity contribution >= 4 is 5.91 Å². The van der Waals surface area contributed by atoms with Crippen LogP contribution in [0.25, 0.3) is 0 Å². The van der Waals surface area contributed by atoms with Crippen LogP contribution in [0.1, 0.15) is 25.7 Å². The summed E-state index contributed by atoms with van der Waals surface area (Å²) in [5.41, 5.74) is 5.73. The molecule has 3 unspecified atom stereocenters. The highest BCUT2D eigenvalue weighted by molar-refractivity contribution is 5.83. The number of carbonyl (C=O) groups excluding carboxylic acids is 1. The van der Waals surface area contributed by atoms with Gasteiger partial charge in [0.15, 0.2) is 0 Å². The largest absolute Gasteiger partial charge is 0.344 e. The first kappa shape index (κ1) is 10.9. The predicted octanol–water partition coefficient (Wildman–Crippen LogP) is -0.0659. The quantitative estimate of drug-likeness (QED) is 0.687. The molecular formula is C11H21N3O. The normalized spacial score (nSPS) is 36.5. The number of likely N-dealkylation sites (N-methyl/N-ethyl adjacent to an activating group) is 1. The van der Waals surface area contributed by atoms with Gasteiger partial charge < -0.3 is 16.0 Å². The Morgan fingerprint density at radius 1 is 1.47 bits per heavy atom. The van der Waals surface area contributed by atoms with Crippen molar-refractivity contribution in [2.75, 3.05) is 20.1 Å². The van der Waals surface area contributed by atoms with Gasteiger partial charge in [-0.25, -0.2) is 0 Å². The number of hydrogen-bond acceptors (Lipinski definition) is 3. The Labute approximate surface area is 91.2 Å². The second kappa shape index (κ2) is 4.49. The lowest BCUT2D eigenvalue weighted by Gasteiger charge is -2.22. The Hall–Kier alpha value is -0.610. The van der Waals surface area contributed by atoms with Crippen LogP contribution in [0, 0.1) is 5.92 Å². The molecule has 0 aromatic carbocycles. The molecule has 4 heteroatoms. The van der Waals surface area contributed by atoms with Gasteiger partial charge in [0.25, 0.3) is 0 Å². The van der Waals surface area contributed by atoms with Crippen LogP contribution in [0.2, 0.25) is 0 Å². The van der Waals surface area contributed by atoms with E-state index in [0.29, 0.717) is 12.0 Å². The van der Waals surface area contributed by atoms with Gasteiger partial charge in [0.05, 0.1) is 6.04 Å². The Bertz CT molecular complexity index is 244. The van der Waals surface area contributed by atoms with Crippen molar-refractivity contribution in [3.05, 3.63) is 0 Å². The third-order valence-electron chi connectivity index (χ3n) is 3.80. The van der Waals surface area contributed by atoms with Gasteiger partial charge >= 0.3 is 0 Å². The van der Waals surface area contributed by atoms with E-state index >= 15 is 0 Å². The standard InChI is InChI=1S/C11H21N3O/c1-14-6-5-10(11(14)15)13-9-4-2-3-8(9)7-12/h8-10,13H,2-7,12H2,1H3. The summed E-state index contributed by atoms with van der Waals surface area (Å²) in [7, 11) is 1.87. The van der Waals surface area contributed by atoms with Crippen LogP contribution in [-0.2, 0) is 4.79 Å². The van der Waals surface area contributed by atoms with Gasteiger partial charge in [-0.15, -0.1) is 0 Å². The number of carbonyl (C=O) groups is 1. The lowest BCUT2D eigenvalue weighted by atomic mass is 10.0. The minimum absolute atomic E-state index is 0.0483. The molecule has 0 bridgehead atoms. The average molecular weight is 211 g/mol. The van der Waals surface area contributed by atoms with E-state index in [0.717, 1.165) is 19.5 Å². The molecule has 2 rings (SSSR count). The Morgan fingerprint density at radius 2 is 2.27 bits per heavy atom. The number of nitrogens with two attached hydrogens (primary N) is 1. The molecule has 1 heterocycles. The van der Waals surface area contributed by atoms with Crippen LogP contribution >= 0.6 is 0 Å². The van der Waals surface area contributed by atoms with Crippen LogP contribution in [-0.4, -0.2) is 43.0 Å². The fourth-order valence-corrected chi connectivity index (χ4v) is 2.77. The molecule has 1 aliphatic carbocycles. The van der Waals surface area contributed by atoms with E-state index in [2.05, 4.69) is 5.32 Å². The fraction of sp³-hybridized carbons (Fsp3) is 0.909. The summed E-state index contributed by atoms with van der Waals surface area (Å²) in [5, 5.41) is 3.49. The topological polar surface area (TPSA) is 58.4 Å². The van der Waals surface area contributed by atoms with Crippen LogP contribution < -0.4 is 11.1 Å². The highest BCUT2D eigenvalue weighted by atomic mass is 16.2. The summed E-state index contributed by atoms with van der Waals surface area (Å²) in [6.07, 6.45) is 4.58. The molecule has 86 valence electrons. The van der Waals surface area contributed by atoms with Gasteiger partial charge in [-0.05, 0) is 31.7 Å². The molecule has 0 spiro atoms. The second-order valence-electron chi connectivity index (χ2n) is 4.80. The lowest BCUT2D eigenvalue weighted by molar-refractivity contribution is -0.128. The van der Waals surface area contributed by atoms with Gasteiger partial charge in [0.2, 0.25) is 5.91 Å². The number of nitrogens with zero attached hydrogens (tertiary/aromatic N) is 1. The van der Waals surface area contributed by atoms with Crippen molar-refractivity contribution in [2.45, 2.75) is 37.8 Å². The van der Waals surface area contributed by atoms with E-state index in [1.807, 2.05) is 11.9 Å². The van der Waals surface area contributed by atoms with Crippen molar-refractivity contribution in [2.24, 2.45) is 11.7 Å². The van der Waals surface area contributed by atoms with E-state index in [4.69, 9.17) is 5.73 Å². The molecule has 1 saturated heterocycles. The third kappa shape index (κ3) is 2.16. The van der Waals surface area contributed by atoms with Crippen molar-refractivity contribution < 1.29 is 4.79 Å². The molecule has 0 aromatic heterocycles. The van der Waals surface area contributed by atoms with E-state index < -0.39 is 0 Å². The Morgan fingerprint density at radius 3 is 2.87 bits per heavy atom. The average Bonchev–Trinajstić information content (AvgIpc) is 2.80. The van der Waals surface area contributed by atoms with E-state index in [-0.39, 0.29) is 11.9 Å². The van der Waals surface area contributed by atoms with Crippen molar-refractivity contribution in [3.8, 4) is 0 Å². The SMILES string of the molecule is CN1CCC(NC2CCCC2CN)C1=O. The maximum atomic E-state index is 11.7. The van der Waals surface area contributed by atoms with E-state index in [1.54, 1.807) is 0 Å². The van der Waals surface area contributed by atoms with Crippen LogP contribution in [0.4, 0.5) is 0 Å². The number of nitrogens with one attached hydrogen (secondary N) is 1.